The standard InChI is InChI=1S/C6H15NO2.H4NO2P/c7-4-2-1-3-6(9)5-8;1-4(2)3/h6,8-9H,1-5,7H2;2-3H,1H2. The first-order chi connectivity index (χ1) is 6.04. The molecule has 0 heterocycles. The Labute approximate surface area is 79.2 Å². The highest BCUT2D eigenvalue weighted by molar-refractivity contribution is 7.42. The van der Waals surface area contributed by atoms with Crippen molar-refractivity contribution in [1.29, 1.82) is 0 Å². The maximum Gasteiger partial charge on any atom is 0.247 e. The van der Waals surface area contributed by atoms with Crippen molar-refractivity contribution in [3.05, 3.63) is 0 Å². The van der Waals surface area contributed by atoms with Crippen LogP contribution in [-0.2, 0) is 0 Å². The molecule has 0 aliphatic rings. The minimum atomic E-state index is -2.12. The molecule has 1 unspecified atom stereocenters. The van der Waals surface area contributed by atoms with Crippen LogP contribution in [0.1, 0.15) is 19.3 Å². The Balaban J connectivity index is 0. The Morgan fingerprint density at radius 2 is 1.69 bits per heavy atom. The van der Waals surface area contributed by atoms with Crippen LogP contribution in [0.15, 0.2) is 0 Å². The van der Waals surface area contributed by atoms with E-state index in [0.717, 1.165) is 12.8 Å². The molecule has 0 radical (unpaired) electrons. The summed E-state index contributed by atoms with van der Waals surface area (Å²) in [7, 11) is -2.12. The summed E-state index contributed by atoms with van der Waals surface area (Å²) in [4.78, 5) is 14.9. The van der Waals surface area contributed by atoms with Crippen molar-refractivity contribution >= 4 is 8.53 Å². The summed E-state index contributed by atoms with van der Waals surface area (Å²) < 4.78 is 0. The molecule has 0 fully saturated rings. The molecule has 1 atom stereocenters. The predicted molar refractivity (Wildman–Crippen MR) is 51.5 cm³/mol. The Morgan fingerprint density at radius 3 is 2.00 bits per heavy atom. The maximum absolute atomic E-state index is 8.79. The Hall–Kier alpha value is 0.190. The van der Waals surface area contributed by atoms with Gasteiger partial charge in [-0.1, -0.05) is 0 Å². The monoisotopic (exact) mass is 214 g/mol. The van der Waals surface area contributed by atoms with Crippen molar-refractivity contribution < 1.29 is 20.0 Å². The first kappa shape index (κ1) is 15.7. The van der Waals surface area contributed by atoms with Gasteiger partial charge >= 0.3 is 0 Å². The van der Waals surface area contributed by atoms with Crippen molar-refractivity contribution in [1.82, 2.24) is 0 Å². The molecule has 7 heteroatoms. The number of nitrogens with two attached hydrogens (primary N) is 2. The molecule has 0 aromatic rings. The summed E-state index contributed by atoms with van der Waals surface area (Å²) in [6, 6.07) is 0. The maximum atomic E-state index is 8.79. The molecule has 0 aromatic carbocycles. The molecular weight excluding hydrogens is 195 g/mol. The van der Waals surface area contributed by atoms with E-state index in [-0.39, 0.29) is 6.61 Å². The molecule has 13 heavy (non-hydrogen) atoms. The molecule has 0 rings (SSSR count). The van der Waals surface area contributed by atoms with Crippen LogP contribution in [0.3, 0.4) is 0 Å². The number of hydrogen-bond donors (Lipinski definition) is 6. The fraction of sp³-hybridized carbons (Fsp3) is 1.00. The lowest BCUT2D eigenvalue weighted by atomic mass is 10.2. The van der Waals surface area contributed by atoms with Crippen molar-refractivity contribution in [2.45, 2.75) is 25.4 Å². The van der Waals surface area contributed by atoms with Crippen molar-refractivity contribution in [2.24, 2.45) is 11.2 Å². The van der Waals surface area contributed by atoms with Crippen LogP contribution >= 0.6 is 8.53 Å². The van der Waals surface area contributed by atoms with Crippen LogP contribution in [0.4, 0.5) is 0 Å². The first-order valence-electron chi connectivity index (χ1n) is 3.96. The number of hydrogen-bond acceptors (Lipinski definition) is 6. The number of rotatable bonds is 5. The van der Waals surface area contributed by atoms with E-state index in [0.29, 0.717) is 13.0 Å². The molecule has 0 saturated heterocycles. The van der Waals surface area contributed by atoms with E-state index < -0.39 is 14.6 Å². The van der Waals surface area contributed by atoms with E-state index in [1.165, 1.54) is 0 Å². The molecule has 82 valence electrons. The largest absolute Gasteiger partial charge is 0.394 e. The minimum Gasteiger partial charge on any atom is -0.394 e. The van der Waals surface area contributed by atoms with E-state index in [9.17, 15) is 0 Å². The Kier molecular flexibility index (Phi) is 14.7. The van der Waals surface area contributed by atoms with Crippen molar-refractivity contribution in [3.8, 4) is 0 Å². The summed E-state index contributed by atoms with van der Waals surface area (Å²) in [5.41, 5.74) is 9.50. The van der Waals surface area contributed by atoms with Gasteiger partial charge in [-0.15, -0.1) is 0 Å². The lowest BCUT2D eigenvalue weighted by Gasteiger charge is -2.04. The second-order valence-corrected chi connectivity index (χ2v) is 3.08. The molecule has 0 aliphatic carbocycles. The van der Waals surface area contributed by atoms with Crippen LogP contribution in [0.25, 0.3) is 0 Å². The topological polar surface area (TPSA) is 133 Å². The fourth-order valence-electron chi connectivity index (χ4n) is 0.616. The third kappa shape index (κ3) is 24.5. The van der Waals surface area contributed by atoms with E-state index in [2.05, 4.69) is 5.50 Å². The molecule has 0 amide bonds. The highest BCUT2D eigenvalue weighted by atomic mass is 31.2. The second kappa shape index (κ2) is 12.2. The normalized spacial score (nSPS) is 12.2. The zero-order valence-electron chi connectivity index (χ0n) is 7.50. The molecule has 0 bridgehead atoms. The molecular formula is C6H19N2O4P. The van der Waals surface area contributed by atoms with Gasteiger partial charge in [0.25, 0.3) is 0 Å². The van der Waals surface area contributed by atoms with Crippen LogP contribution in [0, 0.1) is 0 Å². The van der Waals surface area contributed by atoms with Gasteiger partial charge in [-0.05, 0) is 25.8 Å². The number of aliphatic hydroxyl groups excluding tert-OH is 2. The summed E-state index contributed by atoms with van der Waals surface area (Å²) in [5.74, 6) is 0. The van der Waals surface area contributed by atoms with Crippen LogP contribution < -0.4 is 11.2 Å². The molecule has 0 spiro atoms. The van der Waals surface area contributed by atoms with Gasteiger partial charge in [0.05, 0.1) is 12.7 Å². The smallest absolute Gasteiger partial charge is 0.247 e. The first-order valence-corrected chi connectivity index (χ1v) is 5.27. The molecule has 0 aliphatic heterocycles. The Bertz CT molecular complexity index is 93.9. The van der Waals surface area contributed by atoms with Crippen LogP contribution in [0.5, 0.6) is 0 Å². The molecule has 8 N–H and O–H groups in total. The van der Waals surface area contributed by atoms with Gasteiger partial charge in [0.1, 0.15) is 0 Å². The van der Waals surface area contributed by atoms with Gasteiger partial charge in [0, 0.05) is 0 Å². The number of unbranched alkanes of at least 4 members (excludes halogenated alkanes) is 1. The van der Waals surface area contributed by atoms with E-state index in [4.69, 9.17) is 25.7 Å². The quantitative estimate of drug-likeness (QED) is 0.247. The van der Waals surface area contributed by atoms with Gasteiger partial charge in [-0.2, -0.15) is 0 Å². The van der Waals surface area contributed by atoms with E-state index >= 15 is 0 Å². The average Bonchev–Trinajstić information content (AvgIpc) is 2.03. The van der Waals surface area contributed by atoms with Gasteiger partial charge in [-0.3, -0.25) is 5.50 Å². The zero-order valence-corrected chi connectivity index (χ0v) is 8.40. The van der Waals surface area contributed by atoms with Gasteiger partial charge in [0.15, 0.2) is 0 Å². The molecule has 0 aromatic heterocycles. The highest BCUT2D eigenvalue weighted by Gasteiger charge is 1.98. The minimum absolute atomic E-state index is 0.134. The lowest BCUT2D eigenvalue weighted by molar-refractivity contribution is 0.0863. The third-order valence-corrected chi connectivity index (χ3v) is 1.20. The van der Waals surface area contributed by atoms with E-state index in [1.54, 1.807) is 0 Å². The Morgan fingerprint density at radius 1 is 1.23 bits per heavy atom. The summed E-state index contributed by atoms with van der Waals surface area (Å²) in [5, 5.41) is 17.1. The predicted octanol–water partition coefficient (Wildman–Crippen LogP) is -1.37. The summed E-state index contributed by atoms with van der Waals surface area (Å²) >= 11 is 0. The summed E-state index contributed by atoms with van der Waals surface area (Å²) in [6.45, 7) is 0.530. The van der Waals surface area contributed by atoms with Gasteiger partial charge in [-0.25, -0.2) is 0 Å². The van der Waals surface area contributed by atoms with Gasteiger partial charge in [0.2, 0.25) is 8.53 Å². The zero-order chi connectivity index (χ0) is 10.7. The fourth-order valence-corrected chi connectivity index (χ4v) is 0.616. The van der Waals surface area contributed by atoms with Crippen molar-refractivity contribution in [3.63, 3.8) is 0 Å². The second-order valence-electron chi connectivity index (χ2n) is 2.44. The third-order valence-electron chi connectivity index (χ3n) is 1.20. The van der Waals surface area contributed by atoms with Gasteiger partial charge < -0.3 is 25.7 Å². The van der Waals surface area contributed by atoms with Crippen molar-refractivity contribution in [2.75, 3.05) is 13.2 Å². The SMILES string of the molecule is NCCCCC(O)CO.NP(O)O. The number of aliphatic hydroxyl groups is 2. The molecule has 0 saturated carbocycles. The van der Waals surface area contributed by atoms with Crippen LogP contribution in [0.2, 0.25) is 0 Å². The average molecular weight is 214 g/mol. The highest BCUT2D eigenvalue weighted by Crippen LogP contribution is 2.05. The molecule has 6 nitrogen and oxygen atoms in total. The lowest BCUT2D eigenvalue weighted by Crippen LogP contribution is -2.12. The summed E-state index contributed by atoms with van der Waals surface area (Å²) in [6.07, 6.45) is 1.94. The van der Waals surface area contributed by atoms with Crippen LogP contribution in [-0.4, -0.2) is 39.3 Å². The van der Waals surface area contributed by atoms with E-state index in [1.807, 2.05) is 0 Å².